The molecule has 0 spiro atoms. The van der Waals surface area contributed by atoms with E-state index in [4.69, 9.17) is 10.8 Å². The van der Waals surface area contributed by atoms with E-state index in [1.165, 1.54) is 0 Å². The van der Waals surface area contributed by atoms with E-state index in [1.54, 1.807) is 0 Å². The van der Waals surface area contributed by atoms with E-state index in [-0.39, 0.29) is 17.4 Å². The molecule has 21 heavy (non-hydrogen) atoms. The van der Waals surface area contributed by atoms with Gasteiger partial charge in [-0.25, -0.2) is 4.79 Å². The van der Waals surface area contributed by atoms with Gasteiger partial charge in [0.25, 0.3) is 0 Å². The van der Waals surface area contributed by atoms with E-state index in [0.29, 0.717) is 6.42 Å². The predicted molar refractivity (Wildman–Crippen MR) is 86.6 cm³/mol. The molecule has 5 N–H and O–H groups in total. The zero-order valence-electron chi connectivity index (χ0n) is 12.1. The lowest BCUT2D eigenvalue weighted by molar-refractivity contribution is -0.142. The second-order valence-corrected chi connectivity index (χ2v) is 5.79. The molecule has 122 valence electrons. The Hall–Kier alpha value is -0.930. The molecule has 0 radical (unpaired) electrons. The summed E-state index contributed by atoms with van der Waals surface area (Å²) in [5.74, 6) is -1.97. The first-order valence-electron chi connectivity index (χ1n) is 6.53. The minimum Gasteiger partial charge on any atom is -0.480 e. The summed E-state index contributed by atoms with van der Waals surface area (Å²) in [7, 11) is 0. The van der Waals surface area contributed by atoms with Gasteiger partial charge in [0, 0.05) is 11.5 Å². The van der Waals surface area contributed by atoms with Crippen LogP contribution in [0.5, 0.6) is 0 Å². The first-order chi connectivity index (χ1) is 9.72. The SMILES string of the molecule is CC(C)CC(NC(=O)C(CS)NC(=O)C(N)CS)C(=O)O. The van der Waals surface area contributed by atoms with Gasteiger partial charge in [-0.2, -0.15) is 25.3 Å². The van der Waals surface area contributed by atoms with Crippen LogP contribution < -0.4 is 16.4 Å². The van der Waals surface area contributed by atoms with E-state index in [2.05, 4.69) is 35.9 Å². The molecular weight excluding hydrogens is 314 g/mol. The first-order valence-corrected chi connectivity index (χ1v) is 7.80. The van der Waals surface area contributed by atoms with Crippen LogP contribution >= 0.6 is 25.3 Å². The number of carboxylic acids is 1. The number of carboxylic acid groups (broad SMARTS) is 1. The number of nitrogens with two attached hydrogens (primary N) is 1. The molecule has 0 aliphatic carbocycles. The molecule has 0 rings (SSSR count). The number of aliphatic carboxylic acids is 1. The van der Waals surface area contributed by atoms with Crippen molar-refractivity contribution in [1.29, 1.82) is 0 Å². The molecule has 0 bridgehead atoms. The minimum atomic E-state index is -1.12. The van der Waals surface area contributed by atoms with Gasteiger partial charge >= 0.3 is 5.97 Å². The highest BCUT2D eigenvalue weighted by atomic mass is 32.1. The number of thiol groups is 2. The van der Waals surface area contributed by atoms with Gasteiger partial charge < -0.3 is 21.5 Å². The maximum atomic E-state index is 12.0. The van der Waals surface area contributed by atoms with E-state index in [1.807, 2.05) is 13.8 Å². The molecule has 0 aliphatic rings. The summed E-state index contributed by atoms with van der Waals surface area (Å²) in [5, 5.41) is 13.9. The summed E-state index contributed by atoms with van der Waals surface area (Å²) < 4.78 is 0. The van der Waals surface area contributed by atoms with E-state index in [0.717, 1.165) is 0 Å². The fourth-order valence-electron chi connectivity index (χ4n) is 1.52. The molecule has 7 nitrogen and oxygen atoms in total. The normalized spacial score (nSPS) is 15.1. The van der Waals surface area contributed by atoms with Crippen molar-refractivity contribution in [1.82, 2.24) is 10.6 Å². The summed E-state index contributed by atoms with van der Waals surface area (Å²) in [6.07, 6.45) is 0.296. The molecule has 3 atom stereocenters. The van der Waals surface area contributed by atoms with Gasteiger partial charge in [0.1, 0.15) is 12.1 Å². The van der Waals surface area contributed by atoms with Gasteiger partial charge in [-0.1, -0.05) is 13.8 Å². The van der Waals surface area contributed by atoms with Crippen molar-refractivity contribution in [2.45, 2.75) is 38.4 Å². The number of carbonyl (C=O) groups excluding carboxylic acids is 2. The van der Waals surface area contributed by atoms with Crippen LogP contribution in [0.15, 0.2) is 0 Å². The summed E-state index contributed by atoms with van der Waals surface area (Å²) in [5.41, 5.74) is 5.50. The second-order valence-electron chi connectivity index (χ2n) is 5.06. The molecule has 0 aromatic rings. The first kappa shape index (κ1) is 20.1. The fourth-order valence-corrected chi connectivity index (χ4v) is 1.94. The molecule has 0 aromatic carbocycles. The predicted octanol–water partition coefficient (Wildman–Crippen LogP) is -0.726. The molecule has 0 saturated carbocycles. The lowest BCUT2D eigenvalue weighted by atomic mass is 10.0. The molecule has 0 saturated heterocycles. The average Bonchev–Trinajstić information content (AvgIpc) is 2.41. The summed E-state index contributed by atoms with van der Waals surface area (Å²) >= 11 is 7.88. The van der Waals surface area contributed by atoms with Crippen molar-refractivity contribution < 1.29 is 19.5 Å². The number of nitrogens with one attached hydrogen (secondary N) is 2. The number of amides is 2. The Bertz CT molecular complexity index is 380. The summed E-state index contributed by atoms with van der Waals surface area (Å²) in [6, 6.07) is -2.79. The van der Waals surface area contributed by atoms with Crippen LogP contribution in [0.4, 0.5) is 0 Å². The topological polar surface area (TPSA) is 122 Å². The van der Waals surface area contributed by atoms with Crippen molar-refractivity contribution in [3.63, 3.8) is 0 Å². The van der Waals surface area contributed by atoms with Crippen LogP contribution in [0.1, 0.15) is 20.3 Å². The molecule has 0 aliphatic heterocycles. The van der Waals surface area contributed by atoms with Crippen molar-refractivity contribution in [2.24, 2.45) is 11.7 Å². The molecule has 0 heterocycles. The Morgan fingerprint density at radius 2 is 1.57 bits per heavy atom. The van der Waals surface area contributed by atoms with Crippen LogP contribution in [-0.4, -0.2) is 52.5 Å². The highest BCUT2D eigenvalue weighted by Gasteiger charge is 2.27. The van der Waals surface area contributed by atoms with Crippen LogP contribution in [0.25, 0.3) is 0 Å². The third-order valence-electron chi connectivity index (χ3n) is 2.67. The van der Waals surface area contributed by atoms with Gasteiger partial charge in [0.05, 0.1) is 6.04 Å². The quantitative estimate of drug-likeness (QED) is 0.310. The van der Waals surface area contributed by atoms with Gasteiger partial charge in [-0.05, 0) is 12.3 Å². The molecule has 3 unspecified atom stereocenters. The molecule has 2 amide bonds. The van der Waals surface area contributed by atoms with Crippen molar-refractivity contribution in [2.75, 3.05) is 11.5 Å². The van der Waals surface area contributed by atoms with E-state index in [9.17, 15) is 14.4 Å². The maximum Gasteiger partial charge on any atom is 0.326 e. The van der Waals surface area contributed by atoms with Gasteiger partial charge in [0.15, 0.2) is 0 Å². The number of carbonyl (C=O) groups is 3. The van der Waals surface area contributed by atoms with Crippen molar-refractivity contribution in [3.05, 3.63) is 0 Å². The monoisotopic (exact) mass is 337 g/mol. The van der Waals surface area contributed by atoms with Gasteiger partial charge in [-0.15, -0.1) is 0 Å². The molecule has 0 aromatic heterocycles. The van der Waals surface area contributed by atoms with Crippen LogP contribution in [-0.2, 0) is 14.4 Å². The summed E-state index contributed by atoms with van der Waals surface area (Å²) in [6.45, 7) is 3.71. The van der Waals surface area contributed by atoms with Crippen LogP contribution in [0.2, 0.25) is 0 Å². The lowest BCUT2D eigenvalue weighted by Crippen LogP contribution is -2.55. The standard InChI is InChI=1S/C12H23N3O4S2/c1-6(2)3-8(12(18)19)14-11(17)9(5-21)15-10(16)7(13)4-20/h6-9,20-21H,3-5,13H2,1-2H3,(H,14,17)(H,15,16)(H,18,19). The maximum absolute atomic E-state index is 12.0. The van der Waals surface area contributed by atoms with E-state index < -0.39 is 35.9 Å². The van der Waals surface area contributed by atoms with Crippen molar-refractivity contribution in [3.8, 4) is 0 Å². The fraction of sp³-hybridized carbons (Fsp3) is 0.750. The molecule has 9 heteroatoms. The highest BCUT2D eigenvalue weighted by Crippen LogP contribution is 2.05. The molecular formula is C12H23N3O4S2. The number of hydrogen-bond acceptors (Lipinski definition) is 6. The summed E-state index contributed by atoms with van der Waals surface area (Å²) in [4.78, 5) is 34.8. The Labute approximate surface area is 135 Å². The average molecular weight is 337 g/mol. The number of rotatable bonds is 9. The van der Waals surface area contributed by atoms with Gasteiger partial charge in [-0.3, -0.25) is 9.59 Å². The van der Waals surface area contributed by atoms with Crippen LogP contribution in [0, 0.1) is 5.92 Å². The Kier molecular flexibility index (Phi) is 9.47. The third-order valence-corrected chi connectivity index (χ3v) is 3.43. The molecule has 0 fully saturated rings. The van der Waals surface area contributed by atoms with Crippen molar-refractivity contribution >= 4 is 43.0 Å². The smallest absolute Gasteiger partial charge is 0.326 e. The number of hydrogen-bond donors (Lipinski definition) is 6. The van der Waals surface area contributed by atoms with E-state index >= 15 is 0 Å². The second kappa shape index (κ2) is 9.91. The Morgan fingerprint density at radius 3 is 1.95 bits per heavy atom. The highest BCUT2D eigenvalue weighted by molar-refractivity contribution is 7.80. The van der Waals surface area contributed by atoms with Gasteiger partial charge in [0.2, 0.25) is 11.8 Å². The van der Waals surface area contributed by atoms with Crippen LogP contribution in [0.3, 0.4) is 0 Å². The lowest BCUT2D eigenvalue weighted by Gasteiger charge is -2.22. The minimum absolute atomic E-state index is 0.0326. The zero-order valence-corrected chi connectivity index (χ0v) is 13.9. The largest absolute Gasteiger partial charge is 0.480 e. The third kappa shape index (κ3) is 7.58. The Morgan fingerprint density at radius 1 is 1.05 bits per heavy atom. The zero-order chi connectivity index (χ0) is 16.6. The Balaban J connectivity index is 4.69.